The first-order valence-corrected chi connectivity index (χ1v) is 21.7. The van der Waals surface area contributed by atoms with Crippen LogP contribution >= 0.6 is 0 Å². The molecule has 6 aromatic heterocycles. The van der Waals surface area contributed by atoms with Gasteiger partial charge < -0.3 is 9.47 Å². The van der Waals surface area contributed by atoms with Crippen LogP contribution in [-0.2, 0) is 12.8 Å². The summed E-state index contributed by atoms with van der Waals surface area (Å²) in [7, 11) is 0. The molecule has 12 rings (SSSR count). The second kappa shape index (κ2) is 16.0. The lowest BCUT2D eigenvalue weighted by Crippen LogP contribution is -2.12. The lowest BCUT2D eigenvalue weighted by Gasteiger charge is -2.14. The van der Waals surface area contributed by atoms with E-state index < -0.39 is 25.2 Å². The third-order valence-corrected chi connectivity index (χ3v) is 12.1. The fourth-order valence-electron chi connectivity index (χ4n) is 9.60. The molecule has 0 spiro atoms. The zero-order valence-electron chi connectivity index (χ0n) is 35.9. The molecule has 0 fully saturated rings. The zero-order valence-corrected chi connectivity index (χ0v) is 35.9. The van der Waals surface area contributed by atoms with Gasteiger partial charge in [-0.05, 0) is 90.0 Å². The van der Waals surface area contributed by atoms with E-state index in [-0.39, 0.29) is 22.6 Å². The first-order chi connectivity index (χ1) is 33.4. The second-order valence-electron chi connectivity index (χ2n) is 16.6. The summed E-state index contributed by atoms with van der Waals surface area (Å²) in [5, 5.41) is 3.74. The number of rotatable bonds is 9. The van der Waals surface area contributed by atoms with Gasteiger partial charge in [-0.25, -0.2) is 19.9 Å². The van der Waals surface area contributed by atoms with Crippen LogP contribution in [0, 0.1) is 0 Å². The van der Waals surface area contributed by atoms with Crippen molar-refractivity contribution in [3.63, 3.8) is 0 Å². The van der Waals surface area contributed by atoms with E-state index in [9.17, 15) is 26.3 Å². The van der Waals surface area contributed by atoms with Crippen molar-refractivity contribution in [2.75, 3.05) is 0 Å². The molecule has 0 radical (unpaired) electrons. The van der Waals surface area contributed by atoms with Gasteiger partial charge in [0.25, 0.3) is 0 Å². The molecule has 0 unspecified atom stereocenters. The Bertz CT molecular complexity index is 3710. The van der Waals surface area contributed by atoms with Crippen molar-refractivity contribution in [1.29, 1.82) is 0 Å². The molecule has 6 heterocycles. The second-order valence-corrected chi connectivity index (χ2v) is 16.6. The normalized spacial score (nSPS) is 12.3. The number of hydrogen-bond acceptors (Lipinski definition) is 6. The molecule has 6 aromatic carbocycles. The molecule has 0 bridgehead atoms. The largest absolute Gasteiger partial charge is 0.457 e. The van der Waals surface area contributed by atoms with Crippen LogP contribution in [0.15, 0.2) is 176 Å². The first-order valence-electron chi connectivity index (χ1n) is 21.7. The topological polar surface area (TPSA) is 84.8 Å². The van der Waals surface area contributed by atoms with Gasteiger partial charge in [0.1, 0.15) is 34.6 Å². The van der Waals surface area contributed by atoms with E-state index >= 15 is 0 Å². The van der Waals surface area contributed by atoms with Crippen molar-refractivity contribution in [2.45, 2.75) is 25.2 Å². The van der Waals surface area contributed by atoms with E-state index in [1.165, 1.54) is 12.1 Å². The minimum absolute atomic E-state index is 0.0455. The maximum absolute atomic E-state index is 14.3. The average Bonchev–Trinajstić information content (AvgIpc) is 3.96. The van der Waals surface area contributed by atoms with Crippen molar-refractivity contribution in [3.8, 4) is 40.6 Å². The fourth-order valence-corrected chi connectivity index (χ4v) is 9.60. The van der Waals surface area contributed by atoms with Crippen LogP contribution in [0.5, 0.6) is 23.0 Å². The molecule has 0 atom stereocenters. The molecule has 12 aromatic rings. The summed E-state index contributed by atoms with van der Waals surface area (Å²) < 4.78 is 104. The first kappa shape index (κ1) is 41.7. The number of alkyl halides is 6. The van der Waals surface area contributed by atoms with Crippen LogP contribution in [0.1, 0.15) is 11.1 Å². The van der Waals surface area contributed by atoms with Crippen LogP contribution in [0.25, 0.3) is 83.0 Å². The van der Waals surface area contributed by atoms with E-state index in [1.807, 2.05) is 57.7 Å². The van der Waals surface area contributed by atoms with Crippen LogP contribution in [-0.4, -0.2) is 46.0 Å². The van der Waals surface area contributed by atoms with Gasteiger partial charge in [-0.3, -0.25) is 13.7 Å². The van der Waals surface area contributed by atoms with Gasteiger partial charge in [-0.2, -0.15) is 26.3 Å². The minimum Gasteiger partial charge on any atom is -0.457 e. The molecule has 0 aliphatic rings. The quantitative estimate of drug-likeness (QED) is 0.134. The summed E-state index contributed by atoms with van der Waals surface area (Å²) in [6.45, 7) is 0. The van der Waals surface area contributed by atoms with E-state index in [2.05, 4.69) is 19.9 Å². The summed E-state index contributed by atoms with van der Waals surface area (Å²) >= 11 is 0. The van der Waals surface area contributed by atoms with Crippen molar-refractivity contribution in [3.05, 3.63) is 188 Å². The predicted molar refractivity (Wildman–Crippen MR) is 253 cm³/mol. The van der Waals surface area contributed by atoms with Crippen LogP contribution in [0.4, 0.5) is 26.3 Å². The number of para-hydroxylation sites is 2. The lowest BCUT2D eigenvalue weighted by atomic mass is 10.0. The molecule has 15 heteroatoms. The molecule has 69 heavy (non-hydrogen) atoms. The number of pyridine rings is 2. The molecule has 338 valence electrons. The molecule has 9 nitrogen and oxygen atoms in total. The van der Waals surface area contributed by atoms with E-state index in [1.54, 1.807) is 120 Å². The smallest absolute Gasteiger partial charge is 0.393 e. The highest BCUT2D eigenvalue weighted by molar-refractivity contribution is 6.13. The van der Waals surface area contributed by atoms with Gasteiger partial charge >= 0.3 is 12.4 Å². The van der Waals surface area contributed by atoms with Gasteiger partial charge in [0, 0.05) is 81.4 Å². The molecule has 0 aliphatic heterocycles. The number of hydrogen-bond donors (Lipinski definition) is 0. The SMILES string of the molecule is FC(F)(F)Cc1cc(Oc2ccc3c4ccc(Oc5cc(CC(F)(F)F)c6c7ccccc7n(-c7ccccn7)c6c5)cc4n(-c4ncccn4)c3c2)cc2c1c1ccccc1n2-c1ccccn1. The monoisotopic (exact) mass is 925 g/mol. The van der Waals surface area contributed by atoms with Crippen molar-refractivity contribution < 1.29 is 35.8 Å². The third-order valence-electron chi connectivity index (χ3n) is 12.1. The lowest BCUT2D eigenvalue weighted by molar-refractivity contribution is -0.127. The number of benzene rings is 6. The highest BCUT2D eigenvalue weighted by atomic mass is 19.4. The van der Waals surface area contributed by atoms with Crippen molar-refractivity contribution in [2.24, 2.45) is 0 Å². The molecule has 0 saturated carbocycles. The van der Waals surface area contributed by atoms with Gasteiger partial charge in [0.15, 0.2) is 0 Å². The predicted octanol–water partition coefficient (Wildman–Crippen LogP) is 14.4. The van der Waals surface area contributed by atoms with E-state index in [0.717, 1.165) is 10.8 Å². The van der Waals surface area contributed by atoms with Crippen LogP contribution < -0.4 is 9.47 Å². The number of nitrogens with zero attached hydrogens (tertiary/aromatic N) is 7. The third kappa shape index (κ3) is 7.48. The number of aromatic nitrogens is 7. The molecule has 0 N–H and O–H groups in total. The molecular formula is C54H33F6N7O2. The average molecular weight is 926 g/mol. The summed E-state index contributed by atoms with van der Waals surface area (Å²) in [5.41, 5.74) is 3.69. The van der Waals surface area contributed by atoms with Crippen LogP contribution in [0.2, 0.25) is 0 Å². The highest BCUT2D eigenvalue weighted by Gasteiger charge is 2.32. The van der Waals surface area contributed by atoms with Gasteiger partial charge in [-0.1, -0.05) is 48.5 Å². The molecule has 0 amide bonds. The maximum atomic E-state index is 14.3. The van der Waals surface area contributed by atoms with Gasteiger partial charge in [0.05, 0.1) is 45.9 Å². The van der Waals surface area contributed by atoms with Gasteiger partial charge in [0.2, 0.25) is 5.95 Å². The maximum Gasteiger partial charge on any atom is 0.393 e. The molecule has 0 aliphatic carbocycles. The summed E-state index contributed by atoms with van der Waals surface area (Å²) in [6.07, 6.45) is -4.97. The summed E-state index contributed by atoms with van der Waals surface area (Å²) in [4.78, 5) is 18.2. The Morgan fingerprint density at radius 2 is 0.783 bits per heavy atom. The van der Waals surface area contributed by atoms with Crippen LogP contribution in [0.3, 0.4) is 0 Å². The van der Waals surface area contributed by atoms with E-state index in [0.29, 0.717) is 83.7 Å². The molecular weight excluding hydrogens is 893 g/mol. The van der Waals surface area contributed by atoms with Gasteiger partial charge in [-0.15, -0.1) is 0 Å². The Morgan fingerprint density at radius 3 is 1.22 bits per heavy atom. The standard InChI is InChI=1S/C54H33F6N7O2/c55-53(56,57)30-32-24-36(28-46-50(32)40-10-1-3-12-42(40)65(46)48-14-5-7-20-61-48)68-34-16-18-38-39-19-17-35(27-45(39)67(44(38)26-34)52-63-22-9-23-64-52)69-37-25-33(31-54(58,59)60)51-41-11-2-4-13-43(41)66(47(51)29-37)49-15-6-8-21-62-49/h1-29H,30-31H2. The number of halogens is 6. The summed E-state index contributed by atoms with van der Waals surface area (Å²) in [6, 6.07) is 44.0. The highest BCUT2D eigenvalue weighted by Crippen LogP contribution is 2.43. The fraction of sp³-hybridized carbons (Fsp3) is 0.0741. The Kier molecular flexibility index (Phi) is 9.65. The Hall–Kier alpha value is -8.72. The Balaban J connectivity index is 0.993. The summed E-state index contributed by atoms with van der Waals surface area (Å²) in [5.74, 6) is 2.38. The van der Waals surface area contributed by atoms with E-state index in [4.69, 9.17) is 9.47 Å². The number of ether oxygens (including phenoxy) is 2. The Labute approximate surface area is 387 Å². The molecule has 0 saturated heterocycles. The Morgan fingerprint density at radius 1 is 0.362 bits per heavy atom. The zero-order chi connectivity index (χ0) is 47.0. The van der Waals surface area contributed by atoms with Crippen molar-refractivity contribution >= 4 is 65.4 Å². The van der Waals surface area contributed by atoms with Crippen molar-refractivity contribution in [1.82, 2.24) is 33.6 Å². The minimum atomic E-state index is -4.52. The number of fused-ring (bicyclic) bond motifs is 9.